The summed E-state index contributed by atoms with van der Waals surface area (Å²) in [5.41, 5.74) is 8.27. The number of anilines is 2. The van der Waals surface area contributed by atoms with E-state index in [2.05, 4.69) is 19.9 Å². The second-order valence-electron chi connectivity index (χ2n) is 13.4. The Bertz CT molecular complexity index is 2670. The van der Waals surface area contributed by atoms with Crippen molar-refractivity contribution in [3.63, 3.8) is 0 Å². The van der Waals surface area contributed by atoms with Crippen molar-refractivity contribution >= 4 is 34.2 Å². The van der Waals surface area contributed by atoms with Gasteiger partial charge in [-0.05, 0) is 11.1 Å². The summed E-state index contributed by atoms with van der Waals surface area (Å²) in [4.78, 5) is 67.8. The number of fused-ring (bicyclic) bond motifs is 2. The Hall–Kier alpha value is -5.98. The third kappa shape index (κ3) is 5.82. The highest BCUT2D eigenvalue weighted by atomic mass is 16.8. The Labute approximate surface area is 312 Å². The first-order valence-electron chi connectivity index (χ1n) is 17.2. The second kappa shape index (κ2) is 13.9. The van der Waals surface area contributed by atoms with Crippen molar-refractivity contribution < 1.29 is 39.7 Å². The predicted molar refractivity (Wildman–Crippen MR) is 193 cm³/mol. The van der Waals surface area contributed by atoms with Gasteiger partial charge in [-0.2, -0.15) is 9.97 Å². The SMILES string of the molecule is Nc1nc2c(c(=O)[nH]1)n(Cc1ccccc1)c(=O)n2[C@@H]1O[C@H](CO[C@@]2(n3c(=O)n(Cc4ccccc4)c4c(=O)[nH]c(N)nc43)O[C@H](CO)[C@@H](O)[C@H]2O)[C@@H](O)[C@H]1O. The summed E-state index contributed by atoms with van der Waals surface area (Å²) in [5.74, 6) is -3.55. The molecule has 0 aliphatic carbocycles. The lowest BCUT2D eigenvalue weighted by molar-refractivity contribution is -0.324. The van der Waals surface area contributed by atoms with Crippen molar-refractivity contribution in [2.45, 2.75) is 61.9 Å². The molecule has 2 saturated heterocycles. The van der Waals surface area contributed by atoms with Gasteiger partial charge < -0.3 is 51.2 Å². The maximum Gasteiger partial charge on any atom is 0.335 e. The van der Waals surface area contributed by atoms with Gasteiger partial charge in [-0.25, -0.2) is 18.7 Å². The number of hydrogen-bond acceptors (Lipinski definition) is 16. The first-order chi connectivity index (χ1) is 26.8. The van der Waals surface area contributed by atoms with E-state index in [1.165, 1.54) is 0 Å². The van der Waals surface area contributed by atoms with Crippen LogP contribution in [0.5, 0.6) is 0 Å². The van der Waals surface area contributed by atoms with Crippen LogP contribution in [0.2, 0.25) is 0 Å². The fraction of sp³-hybridized carbons (Fsp3) is 0.353. The molecule has 0 amide bonds. The van der Waals surface area contributed by atoms with E-state index in [9.17, 15) is 44.7 Å². The topological polar surface area (TPSA) is 326 Å². The van der Waals surface area contributed by atoms with E-state index in [1.807, 2.05) is 0 Å². The molecule has 4 aromatic heterocycles. The number of benzene rings is 2. The molecular formula is C34H36N10O12. The average Bonchev–Trinajstić information content (AvgIpc) is 3.80. The van der Waals surface area contributed by atoms with Crippen molar-refractivity contribution in [3.8, 4) is 0 Å². The van der Waals surface area contributed by atoms with E-state index >= 15 is 0 Å². The number of aromatic amines is 2. The number of imidazole rings is 2. The number of nitrogen functional groups attached to an aromatic ring is 2. The van der Waals surface area contributed by atoms with E-state index in [4.69, 9.17) is 25.7 Å². The van der Waals surface area contributed by atoms with Gasteiger partial charge in [-0.15, -0.1) is 0 Å². The van der Waals surface area contributed by atoms with Crippen LogP contribution in [0.3, 0.4) is 0 Å². The summed E-state index contributed by atoms with van der Waals surface area (Å²) in [6.45, 7) is -1.97. The quantitative estimate of drug-likeness (QED) is 0.0649. The fourth-order valence-electron chi connectivity index (χ4n) is 7.28. The lowest BCUT2D eigenvalue weighted by atomic mass is 10.1. The van der Waals surface area contributed by atoms with Crippen LogP contribution in [0.4, 0.5) is 11.9 Å². The molecule has 0 unspecified atom stereocenters. The molecule has 22 nitrogen and oxygen atoms in total. The number of hydrogen-bond donors (Lipinski definition) is 9. The van der Waals surface area contributed by atoms with E-state index in [0.717, 1.165) is 13.7 Å². The smallest absolute Gasteiger partial charge is 0.335 e. The molecular weight excluding hydrogens is 740 g/mol. The molecule has 2 aromatic carbocycles. The fourth-order valence-corrected chi connectivity index (χ4v) is 7.28. The van der Waals surface area contributed by atoms with Gasteiger partial charge in [-0.3, -0.25) is 28.7 Å². The zero-order valence-electron chi connectivity index (χ0n) is 29.1. The summed E-state index contributed by atoms with van der Waals surface area (Å²) in [7, 11) is 0. The molecule has 2 aliphatic heterocycles. The largest absolute Gasteiger partial charge is 0.394 e. The molecule has 294 valence electrons. The molecule has 22 heteroatoms. The highest BCUT2D eigenvalue weighted by Crippen LogP contribution is 2.39. The van der Waals surface area contributed by atoms with Gasteiger partial charge >= 0.3 is 11.4 Å². The molecule has 0 spiro atoms. The first kappa shape index (κ1) is 37.0. The summed E-state index contributed by atoms with van der Waals surface area (Å²) >= 11 is 0. The summed E-state index contributed by atoms with van der Waals surface area (Å²) in [6, 6.07) is 17.3. The van der Waals surface area contributed by atoms with Gasteiger partial charge in [0.1, 0.15) is 30.5 Å². The molecule has 0 saturated carbocycles. The molecule has 2 aliphatic rings. The normalized spacial score (nSPS) is 26.5. The molecule has 0 radical (unpaired) electrons. The molecule has 6 aromatic rings. The highest BCUT2D eigenvalue weighted by molar-refractivity contribution is 5.73. The van der Waals surface area contributed by atoms with E-state index in [1.54, 1.807) is 60.7 Å². The van der Waals surface area contributed by atoms with Crippen molar-refractivity contribution in [1.82, 2.24) is 38.2 Å². The molecule has 0 bridgehead atoms. The third-order valence-electron chi connectivity index (χ3n) is 9.93. The van der Waals surface area contributed by atoms with Crippen LogP contribution in [-0.4, -0.2) is 114 Å². The van der Waals surface area contributed by atoms with E-state index in [-0.39, 0.29) is 35.7 Å². The van der Waals surface area contributed by atoms with Crippen LogP contribution >= 0.6 is 0 Å². The van der Waals surface area contributed by atoms with Crippen molar-refractivity contribution in [3.05, 3.63) is 113 Å². The average molecular weight is 777 g/mol. The Kier molecular flexibility index (Phi) is 9.21. The minimum atomic E-state index is -2.77. The van der Waals surface area contributed by atoms with Gasteiger partial charge in [-0.1, -0.05) is 60.7 Å². The number of nitrogens with two attached hydrogens (primary N) is 2. The van der Waals surface area contributed by atoms with E-state index in [0.29, 0.717) is 15.7 Å². The number of nitrogens with zero attached hydrogens (tertiary/aromatic N) is 6. The number of nitrogens with one attached hydrogen (secondary N) is 2. The molecule has 11 N–H and O–H groups in total. The maximum atomic E-state index is 14.4. The zero-order valence-corrected chi connectivity index (χ0v) is 29.1. The van der Waals surface area contributed by atoms with Crippen LogP contribution < -0.4 is 34.0 Å². The summed E-state index contributed by atoms with van der Waals surface area (Å²) < 4.78 is 21.6. The van der Waals surface area contributed by atoms with Crippen LogP contribution in [0, 0.1) is 0 Å². The molecule has 2 fully saturated rings. The number of aliphatic hydroxyl groups excluding tert-OH is 5. The number of rotatable bonds is 10. The Balaban J connectivity index is 1.20. The number of aromatic nitrogens is 8. The lowest BCUT2D eigenvalue weighted by Crippen LogP contribution is -2.53. The van der Waals surface area contributed by atoms with Crippen molar-refractivity contribution in [2.24, 2.45) is 0 Å². The van der Waals surface area contributed by atoms with Gasteiger partial charge in [0.15, 0.2) is 34.7 Å². The number of ether oxygens (including phenoxy) is 3. The number of H-pyrrole nitrogens is 2. The third-order valence-corrected chi connectivity index (χ3v) is 9.93. The monoisotopic (exact) mass is 776 g/mol. The zero-order chi connectivity index (χ0) is 39.6. The summed E-state index contributed by atoms with van der Waals surface area (Å²) in [6.07, 6.45) is -12.6. The Morgan fingerprint density at radius 3 is 1.82 bits per heavy atom. The Morgan fingerprint density at radius 1 is 0.732 bits per heavy atom. The molecule has 6 heterocycles. The summed E-state index contributed by atoms with van der Waals surface area (Å²) in [5, 5.41) is 55.2. The minimum Gasteiger partial charge on any atom is -0.394 e. The predicted octanol–water partition coefficient (Wildman–Crippen LogP) is -3.59. The molecule has 8 rings (SSSR count). The maximum absolute atomic E-state index is 14.4. The van der Waals surface area contributed by atoms with Crippen molar-refractivity contribution in [1.29, 1.82) is 0 Å². The van der Waals surface area contributed by atoms with Crippen LogP contribution in [0.25, 0.3) is 22.3 Å². The first-order valence-corrected chi connectivity index (χ1v) is 17.2. The highest BCUT2D eigenvalue weighted by Gasteiger charge is 2.60. The van der Waals surface area contributed by atoms with Gasteiger partial charge in [0.25, 0.3) is 17.0 Å². The van der Waals surface area contributed by atoms with Crippen molar-refractivity contribution in [2.75, 3.05) is 24.7 Å². The van der Waals surface area contributed by atoms with Crippen LogP contribution in [-0.2, 0) is 33.2 Å². The molecule has 56 heavy (non-hydrogen) atoms. The van der Waals surface area contributed by atoms with Gasteiger partial charge in [0.2, 0.25) is 11.9 Å². The van der Waals surface area contributed by atoms with Crippen LogP contribution in [0.15, 0.2) is 79.8 Å². The van der Waals surface area contributed by atoms with Gasteiger partial charge in [0, 0.05) is 0 Å². The number of aliphatic hydroxyl groups is 5. The lowest BCUT2D eigenvalue weighted by Gasteiger charge is -2.33. The molecule has 8 atom stereocenters. The second-order valence-corrected chi connectivity index (χ2v) is 13.4. The van der Waals surface area contributed by atoms with Crippen LogP contribution in [0.1, 0.15) is 17.4 Å². The van der Waals surface area contributed by atoms with E-state index < -0.39 is 96.1 Å². The minimum absolute atomic E-state index is 0.0874. The van der Waals surface area contributed by atoms with Gasteiger partial charge in [0.05, 0.1) is 26.3 Å². The Morgan fingerprint density at radius 2 is 1.27 bits per heavy atom. The standard InChI is InChI=1S/C34H36N10O12/c35-30-37-25-19(27(50)39-30)41(11-15-7-3-1-4-8-15)32(52)43(25)29-23(48)21(46)18(55-29)14-54-34(24(49)22(47)17(13-45)56-34)44-26-20(28(51)40-31(36)38-26)42(33(44)53)12-16-9-5-2-6-10-16/h1-10,17-18,21-24,29,45-49H,11-14H2,(H3,35,37,39,50)(H3,36,38,40,51)/t17-,18-,21-,22-,23-,24-,29-,34-/m1/s1.